The van der Waals surface area contributed by atoms with Crippen molar-refractivity contribution in [1.82, 2.24) is 24.6 Å². The van der Waals surface area contributed by atoms with Crippen LogP contribution in [0.5, 0.6) is 0 Å². The molecule has 0 spiro atoms. The maximum atomic E-state index is 13.8. The van der Waals surface area contributed by atoms with Crippen molar-refractivity contribution in [3.63, 3.8) is 0 Å². The Bertz CT molecular complexity index is 1300. The van der Waals surface area contributed by atoms with E-state index in [2.05, 4.69) is 52.5 Å². The van der Waals surface area contributed by atoms with Crippen LogP contribution >= 0.6 is 0 Å². The fraction of sp³-hybridized carbons (Fsp3) is 0.286. The van der Waals surface area contributed by atoms with Gasteiger partial charge in [-0.2, -0.15) is 5.10 Å². The Morgan fingerprint density at radius 3 is 2.38 bits per heavy atom. The number of urea groups is 1. The van der Waals surface area contributed by atoms with Crippen LogP contribution in [0.15, 0.2) is 79.0 Å². The van der Waals surface area contributed by atoms with Gasteiger partial charge in [0.15, 0.2) is 0 Å². The van der Waals surface area contributed by atoms with Gasteiger partial charge in [-0.3, -0.25) is 0 Å². The minimum Gasteiger partial charge on any atom is -0.335 e. The monoisotopic (exact) mass is 451 g/mol. The normalized spacial score (nSPS) is 17.8. The highest BCUT2D eigenvalue weighted by Gasteiger charge is 2.36. The highest BCUT2D eigenvalue weighted by Crippen LogP contribution is 2.38. The highest BCUT2D eigenvalue weighted by atomic mass is 16.2. The lowest BCUT2D eigenvalue weighted by molar-refractivity contribution is 0.176. The molecular formula is C28H29N5O. The zero-order valence-corrected chi connectivity index (χ0v) is 19.4. The van der Waals surface area contributed by atoms with E-state index in [0.717, 1.165) is 46.9 Å². The number of aryl methyl sites for hydroxylation is 1. The van der Waals surface area contributed by atoms with E-state index in [1.54, 1.807) is 0 Å². The SMILES string of the molecule is Cc1nn(-c2ccccc2)c2c1CN(C(=O)NC1CCCC1)[C@H](c1ccccc1)c1cccn1-2. The van der Waals surface area contributed by atoms with Crippen molar-refractivity contribution in [2.45, 2.75) is 51.2 Å². The van der Waals surface area contributed by atoms with E-state index in [0.29, 0.717) is 6.54 Å². The molecule has 34 heavy (non-hydrogen) atoms. The Labute approximate surface area is 199 Å². The number of para-hydroxylation sites is 1. The third-order valence-corrected chi connectivity index (χ3v) is 7.15. The van der Waals surface area contributed by atoms with Gasteiger partial charge in [0, 0.05) is 17.8 Å². The average Bonchev–Trinajstić information content (AvgIpc) is 3.60. The van der Waals surface area contributed by atoms with Gasteiger partial charge >= 0.3 is 6.03 Å². The lowest BCUT2D eigenvalue weighted by Crippen LogP contribution is -2.45. The molecule has 2 aromatic heterocycles. The summed E-state index contributed by atoms with van der Waals surface area (Å²) in [5.74, 6) is 1.00. The smallest absolute Gasteiger partial charge is 0.318 e. The molecule has 1 aliphatic heterocycles. The molecule has 0 unspecified atom stereocenters. The first-order valence-corrected chi connectivity index (χ1v) is 12.1. The Kier molecular flexibility index (Phi) is 5.21. The predicted molar refractivity (Wildman–Crippen MR) is 132 cm³/mol. The van der Waals surface area contributed by atoms with E-state index < -0.39 is 0 Å². The first-order chi connectivity index (χ1) is 16.7. The van der Waals surface area contributed by atoms with Crippen LogP contribution in [0.4, 0.5) is 4.79 Å². The van der Waals surface area contributed by atoms with E-state index >= 15 is 0 Å². The summed E-state index contributed by atoms with van der Waals surface area (Å²) in [6, 6.07) is 24.8. The summed E-state index contributed by atoms with van der Waals surface area (Å²) in [6.07, 6.45) is 6.57. The molecule has 1 fully saturated rings. The standard InChI is InChI=1S/C28H29N5O/c1-20-24-19-32(28(34)29-22-13-8-9-14-22)26(21-11-4-2-5-12-21)25-17-10-18-31(25)27(24)33(30-20)23-15-6-3-7-16-23/h2-7,10-12,15-18,22,26H,8-9,13-14,19H2,1H3,(H,29,34)/t26-/m1/s1. The summed E-state index contributed by atoms with van der Waals surface area (Å²) in [4.78, 5) is 15.8. The lowest BCUT2D eigenvalue weighted by Gasteiger charge is -2.32. The number of amides is 2. The molecular weight excluding hydrogens is 422 g/mol. The number of benzene rings is 2. The number of nitrogens with zero attached hydrogens (tertiary/aromatic N) is 4. The molecule has 6 rings (SSSR count). The molecule has 3 heterocycles. The van der Waals surface area contributed by atoms with Gasteiger partial charge in [-0.05, 0) is 49.6 Å². The van der Waals surface area contributed by atoms with Crippen molar-refractivity contribution in [3.8, 4) is 11.5 Å². The molecule has 1 atom stereocenters. The molecule has 1 aliphatic carbocycles. The van der Waals surface area contributed by atoms with E-state index in [4.69, 9.17) is 5.10 Å². The third kappa shape index (κ3) is 3.50. The lowest BCUT2D eigenvalue weighted by atomic mass is 10.0. The van der Waals surface area contributed by atoms with Crippen LogP contribution in [0.2, 0.25) is 0 Å². The summed E-state index contributed by atoms with van der Waals surface area (Å²) >= 11 is 0. The summed E-state index contributed by atoms with van der Waals surface area (Å²) in [5.41, 5.74) is 5.17. The van der Waals surface area contributed by atoms with Gasteiger partial charge in [0.1, 0.15) is 5.82 Å². The Morgan fingerprint density at radius 2 is 1.65 bits per heavy atom. The Balaban J connectivity index is 1.53. The first kappa shape index (κ1) is 20.8. The van der Waals surface area contributed by atoms with Gasteiger partial charge in [-0.25, -0.2) is 9.48 Å². The van der Waals surface area contributed by atoms with Crippen LogP contribution in [0, 0.1) is 6.92 Å². The summed E-state index contributed by atoms with van der Waals surface area (Å²) < 4.78 is 4.22. The van der Waals surface area contributed by atoms with Crippen LogP contribution in [0.1, 0.15) is 54.2 Å². The molecule has 0 radical (unpaired) electrons. The molecule has 172 valence electrons. The Morgan fingerprint density at radius 1 is 0.941 bits per heavy atom. The fourth-order valence-corrected chi connectivity index (χ4v) is 5.46. The van der Waals surface area contributed by atoms with Gasteiger partial charge in [0.05, 0.1) is 29.7 Å². The second kappa shape index (κ2) is 8.52. The summed E-state index contributed by atoms with van der Waals surface area (Å²) in [6.45, 7) is 2.53. The van der Waals surface area contributed by atoms with Crippen LogP contribution < -0.4 is 5.32 Å². The molecule has 0 saturated heterocycles. The molecule has 2 amide bonds. The van der Waals surface area contributed by atoms with E-state index in [1.165, 1.54) is 12.8 Å². The molecule has 2 aliphatic rings. The second-order valence-corrected chi connectivity index (χ2v) is 9.31. The molecule has 1 N–H and O–H groups in total. The third-order valence-electron chi connectivity index (χ3n) is 7.15. The summed E-state index contributed by atoms with van der Waals surface area (Å²) in [5, 5.41) is 8.25. The van der Waals surface area contributed by atoms with Crippen LogP contribution in [-0.4, -0.2) is 31.3 Å². The average molecular weight is 452 g/mol. The quantitative estimate of drug-likeness (QED) is 0.445. The van der Waals surface area contributed by atoms with Crippen molar-refractivity contribution >= 4 is 6.03 Å². The minimum atomic E-state index is -0.200. The van der Waals surface area contributed by atoms with Crippen LogP contribution in [0.3, 0.4) is 0 Å². The van der Waals surface area contributed by atoms with Crippen molar-refractivity contribution in [2.75, 3.05) is 0 Å². The second-order valence-electron chi connectivity index (χ2n) is 9.31. The highest BCUT2D eigenvalue weighted by molar-refractivity contribution is 5.76. The van der Waals surface area contributed by atoms with Crippen molar-refractivity contribution in [1.29, 1.82) is 0 Å². The Hall–Kier alpha value is -3.80. The maximum absolute atomic E-state index is 13.8. The zero-order valence-electron chi connectivity index (χ0n) is 19.4. The van der Waals surface area contributed by atoms with E-state index in [-0.39, 0.29) is 18.1 Å². The largest absolute Gasteiger partial charge is 0.335 e. The molecule has 6 nitrogen and oxygen atoms in total. The van der Waals surface area contributed by atoms with E-state index in [9.17, 15) is 4.79 Å². The van der Waals surface area contributed by atoms with Crippen LogP contribution in [0.25, 0.3) is 11.5 Å². The number of hydrogen-bond acceptors (Lipinski definition) is 2. The molecule has 2 aromatic carbocycles. The zero-order chi connectivity index (χ0) is 23.1. The minimum absolute atomic E-state index is 0.00628. The fourth-order valence-electron chi connectivity index (χ4n) is 5.46. The van der Waals surface area contributed by atoms with Gasteiger partial charge in [0.25, 0.3) is 0 Å². The van der Waals surface area contributed by atoms with Crippen molar-refractivity contribution < 1.29 is 4.79 Å². The van der Waals surface area contributed by atoms with Gasteiger partial charge in [-0.15, -0.1) is 0 Å². The molecule has 4 aromatic rings. The number of aromatic nitrogens is 3. The van der Waals surface area contributed by atoms with Gasteiger partial charge < -0.3 is 14.8 Å². The number of rotatable bonds is 3. The topological polar surface area (TPSA) is 55.1 Å². The van der Waals surface area contributed by atoms with E-state index in [1.807, 2.05) is 52.9 Å². The van der Waals surface area contributed by atoms with Crippen molar-refractivity contribution in [3.05, 3.63) is 102 Å². The predicted octanol–water partition coefficient (Wildman–Crippen LogP) is 5.53. The number of carbonyl (C=O) groups excluding carboxylic acids is 1. The number of fused-ring (bicyclic) bond motifs is 3. The number of hydrogen-bond donors (Lipinski definition) is 1. The number of nitrogens with one attached hydrogen (secondary N) is 1. The first-order valence-electron chi connectivity index (χ1n) is 12.1. The molecule has 1 saturated carbocycles. The molecule has 0 bridgehead atoms. The van der Waals surface area contributed by atoms with Crippen molar-refractivity contribution in [2.24, 2.45) is 0 Å². The molecule has 6 heteroatoms. The van der Waals surface area contributed by atoms with Gasteiger partial charge in [0.2, 0.25) is 0 Å². The van der Waals surface area contributed by atoms with Crippen LogP contribution in [-0.2, 0) is 6.54 Å². The maximum Gasteiger partial charge on any atom is 0.318 e. The summed E-state index contributed by atoms with van der Waals surface area (Å²) in [7, 11) is 0. The van der Waals surface area contributed by atoms with Gasteiger partial charge in [-0.1, -0.05) is 61.4 Å². The number of carbonyl (C=O) groups is 1.